The molecule has 8 rings (SSSR count). The van der Waals surface area contributed by atoms with Gasteiger partial charge in [0.05, 0.1) is 27.7 Å². The molecule has 44 heavy (non-hydrogen) atoms. The maximum absolute atomic E-state index is 14.9. The van der Waals surface area contributed by atoms with Gasteiger partial charge in [0.2, 0.25) is 0 Å². The van der Waals surface area contributed by atoms with Crippen molar-refractivity contribution in [3.05, 3.63) is 47.4 Å². The van der Waals surface area contributed by atoms with Crippen LogP contribution < -0.4 is 15.0 Å². The minimum Gasteiger partial charge on any atom is -0.508 e. The number of terminal acetylenes is 1. The van der Waals surface area contributed by atoms with Crippen LogP contribution in [0, 0.1) is 25.1 Å². The fourth-order valence-corrected chi connectivity index (χ4v) is 8.13. The first-order valence-electron chi connectivity index (χ1n) is 15.4. The van der Waals surface area contributed by atoms with E-state index < -0.39 is 12.0 Å². The third-order valence-corrected chi connectivity index (χ3v) is 10.1. The lowest BCUT2D eigenvalue weighted by atomic mass is 9.94. The van der Waals surface area contributed by atoms with Crippen molar-refractivity contribution in [2.75, 3.05) is 37.7 Å². The highest BCUT2D eigenvalue weighted by Crippen LogP contribution is 2.42. The fraction of sp³-hybridized carbons (Fsp3) is 0.441. The van der Waals surface area contributed by atoms with Crippen molar-refractivity contribution >= 4 is 27.5 Å². The number of piperazine rings is 1. The summed E-state index contributed by atoms with van der Waals surface area (Å²) in [5.74, 6) is 2.76. The van der Waals surface area contributed by atoms with E-state index in [-0.39, 0.29) is 22.9 Å². The van der Waals surface area contributed by atoms with Crippen LogP contribution in [-0.4, -0.2) is 81.5 Å². The highest BCUT2D eigenvalue weighted by Gasteiger charge is 2.49. The Morgan fingerprint density at radius 2 is 2.00 bits per heavy atom. The largest absolute Gasteiger partial charge is 0.508 e. The first-order valence-corrected chi connectivity index (χ1v) is 15.4. The molecular formula is C34H34F2N6O2. The van der Waals surface area contributed by atoms with Crippen LogP contribution in [0.5, 0.6) is 11.8 Å². The summed E-state index contributed by atoms with van der Waals surface area (Å²) in [6.45, 7) is 5.19. The van der Waals surface area contributed by atoms with Gasteiger partial charge in [-0.25, -0.2) is 8.78 Å². The summed E-state index contributed by atoms with van der Waals surface area (Å²) in [5, 5.41) is 16.2. The molecule has 6 heterocycles. The van der Waals surface area contributed by atoms with Gasteiger partial charge in [0.15, 0.2) is 0 Å². The van der Waals surface area contributed by atoms with Gasteiger partial charge >= 0.3 is 6.01 Å². The second kappa shape index (κ2) is 10.2. The number of benzene rings is 2. The lowest BCUT2D eigenvalue weighted by Gasteiger charge is -2.34. The van der Waals surface area contributed by atoms with Crippen molar-refractivity contribution in [3.63, 3.8) is 0 Å². The number of hydrogen-bond donors (Lipinski definition) is 2. The van der Waals surface area contributed by atoms with E-state index >= 15 is 0 Å². The molecule has 2 N–H and O–H groups in total. The topological polar surface area (TPSA) is 86.6 Å². The van der Waals surface area contributed by atoms with Crippen molar-refractivity contribution in [2.45, 2.75) is 62.8 Å². The molecule has 4 atom stereocenters. The van der Waals surface area contributed by atoms with Gasteiger partial charge in [0.25, 0.3) is 0 Å². The SMILES string of the molecule is C#Cc1c(F)ccc2cc(O)cc(-c3ncc4c(N5CC6CCC(C5)N6)nc(OC[C@@]56CCCN5C[C@H](F)C6)nc4c3C)c12. The molecule has 4 saturated heterocycles. The quantitative estimate of drug-likeness (QED) is 0.316. The first kappa shape index (κ1) is 27.5. The number of fused-ring (bicyclic) bond motifs is 5. The number of ether oxygens (including phenoxy) is 1. The zero-order valence-electron chi connectivity index (χ0n) is 24.6. The smallest absolute Gasteiger partial charge is 0.319 e. The number of aryl methyl sites for hydroxylation is 1. The summed E-state index contributed by atoms with van der Waals surface area (Å²) in [6.07, 6.45) is 11.3. The summed E-state index contributed by atoms with van der Waals surface area (Å²) in [6, 6.07) is 7.07. The number of aromatic hydroxyl groups is 1. The van der Waals surface area contributed by atoms with Crippen LogP contribution in [0.3, 0.4) is 0 Å². The summed E-state index contributed by atoms with van der Waals surface area (Å²) < 4.78 is 35.7. The highest BCUT2D eigenvalue weighted by atomic mass is 19.1. The van der Waals surface area contributed by atoms with Gasteiger partial charge in [0.1, 0.15) is 30.2 Å². The molecule has 0 radical (unpaired) electrons. The second-order valence-electron chi connectivity index (χ2n) is 12.9. The van der Waals surface area contributed by atoms with Gasteiger partial charge in [-0.1, -0.05) is 12.0 Å². The van der Waals surface area contributed by atoms with Gasteiger partial charge in [-0.3, -0.25) is 9.88 Å². The molecule has 4 aliphatic heterocycles. The average molecular weight is 597 g/mol. The highest BCUT2D eigenvalue weighted by molar-refractivity contribution is 6.04. The van der Waals surface area contributed by atoms with Gasteiger partial charge in [0, 0.05) is 60.8 Å². The average Bonchev–Trinajstić information content (AvgIpc) is 3.66. The Labute approximate surface area is 254 Å². The van der Waals surface area contributed by atoms with Crippen molar-refractivity contribution < 1.29 is 18.6 Å². The Hall–Kier alpha value is -4.07. The number of alkyl halides is 1. The van der Waals surface area contributed by atoms with Crippen LogP contribution in [0.15, 0.2) is 30.5 Å². The van der Waals surface area contributed by atoms with Crippen molar-refractivity contribution in [3.8, 4) is 35.4 Å². The van der Waals surface area contributed by atoms with E-state index in [2.05, 4.69) is 21.0 Å². The molecule has 2 aromatic heterocycles. The van der Waals surface area contributed by atoms with E-state index in [1.165, 1.54) is 6.07 Å². The third kappa shape index (κ3) is 4.36. The van der Waals surface area contributed by atoms with Crippen LogP contribution in [0.1, 0.15) is 43.2 Å². The van der Waals surface area contributed by atoms with Crippen LogP contribution in [0.2, 0.25) is 0 Å². The predicted octanol–water partition coefficient (Wildman–Crippen LogP) is 4.88. The molecular weight excluding hydrogens is 562 g/mol. The van der Waals surface area contributed by atoms with Crippen molar-refractivity contribution in [1.82, 2.24) is 25.2 Å². The third-order valence-electron chi connectivity index (χ3n) is 10.1. The number of anilines is 1. The number of phenols is 1. The van der Waals surface area contributed by atoms with E-state index in [4.69, 9.17) is 26.1 Å². The van der Waals surface area contributed by atoms with Crippen molar-refractivity contribution in [2.24, 2.45) is 0 Å². The summed E-state index contributed by atoms with van der Waals surface area (Å²) >= 11 is 0. The molecule has 0 spiro atoms. The maximum Gasteiger partial charge on any atom is 0.319 e. The number of hydrogen-bond acceptors (Lipinski definition) is 8. The molecule has 2 bridgehead atoms. The fourth-order valence-electron chi connectivity index (χ4n) is 8.13. The summed E-state index contributed by atoms with van der Waals surface area (Å²) in [7, 11) is 0. The second-order valence-corrected chi connectivity index (χ2v) is 12.9. The molecule has 2 unspecified atom stereocenters. The van der Waals surface area contributed by atoms with E-state index in [9.17, 15) is 13.9 Å². The predicted molar refractivity (Wildman–Crippen MR) is 165 cm³/mol. The molecule has 226 valence electrons. The normalized spacial score (nSPS) is 26.4. The van der Waals surface area contributed by atoms with Gasteiger partial charge in [-0.15, -0.1) is 6.42 Å². The lowest BCUT2D eigenvalue weighted by molar-refractivity contribution is 0.107. The van der Waals surface area contributed by atoms with E-state index in [1.807, 2.05) is 6.92 Å². The van der Waals surface area contributed by atoms with Crippen LogP contribution >= 0.6 is 0 Å². The number of phenolic OH excluding ortho intramolecular Hbond substituents is 1. The van der Waals surface area contributed by atoms with Gasteiger partial charge < -0.3 is 20.1 Å². The monoisotopic (exact) mass is 596 g/mol. The maximum atomic E-state index is 14.9. The molecule has 4 aromatic rings. The standard InChI is InChI=1S/C34H34F2N6O2/c1-3-25-28(36)8-5-20-11-24(43)12-26(29(20)25)30-19(2)31-27(14-37-30)32(41-16-22-6-7-23(17-41)38-22)40-33(39-31)44-18-34-9-4-10-42(34)15-21(35)13-34/h1,5,8,11-12,14,21-23,38,43H,4,6-7,9-10,13,15-18H2,2H3/t21-,22?,23?,34+/m1/s1. The molecule has 0 saturated carbocycles. The Morgan fingerprint density at radius 1 is 1.18 bits per heavy atom. The lowest BCUT2D eigenvalue weighted by Crippen LogP contribution is -2.51. The minimum absolute atomic E-state index is 0.0233. The Balaban J connectivity index is 1.28. The minimum atomic E-state index is -0.853. The van der Waals surface area contributed by atoms with Crippen LogP contribution in [0.4, 0.5) is 14.6 Å². The van der Waals surface area contributed by atoms with Gasteiger partial charge in [-0.05, 0) is 62.7 Å². The van der Waals surface area contributed by atoms with E-state index in [1.54, 1.807) is 24.4 Å². The molecule has 0 amide bonds. The molecule has 2 aromatic carbocycles. The van der Waals surface area contributed by atoms with E-state index in [0.717, 1.165) is 62.1 Å². The van der Waals surface area contributed by atoms with Crippen LogP contribution in [0.25, 0.3) is 32.9 Å². The molecule has 4 fully saturated rings. The van der Waals surface area contributed by atoms with Gasteiger partial charge in [-0.2, -0.15) is 9.97 Å². The number of halogens is 2. The number of rotatable bonds is 5. The summed E-state index contributed by atoms with van der Waals surface area (Å²) in [4.78, 5) is 19.2. The Bertz CT molecular complexity index is 1850. The molecule has 10 heteroatoms. The summed E-state index contributed by atoms with van der Waals surface area (Å²) in [5.41, 5.74) is 2.24. The molecule has 4 aliphatic rings. The number of pyridine rings is 1. The Morgan fingerprint density at radius 3 is 2.80 bits per heavy atom. The van der Waals surface area contributed by atoms with Crippen molar-refractivity contribution in [1.29, 1.82) is 0 Å². The zero-order valence-corrected chi connectivity index (χ0v) is 24.6. The van der Waals surface area contributed by atoms with Crippen LogP contribution in [-0.2, 0) is 0 Å². The first-order chi connectivity index (χ1) is 21.3. The zero-order chi connectivity index (χ0) is 30.2. The molecule has 0 aliphatic carbocycles. The number of aromatic nitrogens is 3. The number of nitrogens with zero attached hydrogens (tertiary/aromatic N) is 5. The van der Waals surface area contributed by atoms with E-state index in [0.29, 0.717) is 59.2 Å². The molecule has 8 nitrogen and oxygen atoms in total. The Kier molecular flexibility index (Phi) is 6.40. The number of nitrogens with one attached hydrogen (secondary N) is 1.